The fraction of sp³-hybridized carbons (Fsp3) is 0.286. The third-order valence-corrected chi connectivity index (χ3v) is 7.67. The van der Waals surface area contributed by atoms with E-state index in [1.165, 1.54) is 18.2 Å². The number of fused-ring (bicyclic) bond motifs is 1. The van der Waals surface area contributed by atoms with Crippen molar-refractivity contribution in [1.29, 1.82) is 0 Å². The number of rotatable bonds is 4. The summed E-state index contributed by atoms with van der Waals surface area (Å²) in [5.41, 5.74) is 2.90. The topological polar surface area (TPSA) is 64.9 Å². The number of halogens is 2. The van der Waals surface area contributed by atoms with Gasteiger partial charge in [0.15, 0.2) is 0 Å². The number of hydrogen-bond acceptors (Lipinski definition) is 4. The normalized spacial score (nSPS) is 19.8. The van der Waals surface area contributed by atoms with Gasteiger partial charge in [0.25, 0.3) is 5.91 Å². The highest BCUT2D eigenvalue weighted by Gasteiger charge is 2.33. The lowest BCUT2D eigenvalue weighted by Crippen LogP contribution is -2.36. The summed E-state index contributed by atoms with van der Waals surface area (Å²) in [6, 6.07) is 15.1. The molecular weight excluding hydrogens is 480 g/mol. The van der Waals surface area contributed by atoms with E-state index in [0.717, 1.165) is 53.3 Å². The molecule has 0 spiro atoms. The molecule has 1 aliphatic carbocycles. The van der Waals surface area contributed by atoms with Crippen molar-refractivity contribution in [3.63, 3.8) is 0 Å². The molecule has 3 aromatic carbocycles. The van der Waals surface area contributed by atoms with E-state index >= 15 is 0 Å². The van der Waals surface area contributed by atoms with Crippen molar-refractivity contribution in [2.75, 3.05) is 24.6 Å². The minimum absolute atomic E-state index is 0.163. The fourth-order valence-corrected chi connectivity index (χ4v) is 5.68. The number of aliphatic hydroxyl groups excluding tert-OH is 1. The number of nitrogens with zero attached hydrogens (tertiary/aromatic N) is 2. The SMILES string of the molecule is CC(=Nc1ccc2c(c1)[C@@H](NC(=O)c1ccc(-c3ccccc3F)cc1F)[C@H](O)C2)N1CCSCC1. The molecule has 2 N–H and O–H groups in total. The Hall–Kier alpha value is -3.23. The third kappa shape index (κ3) is 5.01. The second kappa shape index (κ2) is 10.4. The second-order valence-electron chi connectivity index (χ2n) is 9.04. The van der Waals surface area contributed by atoms with Crippen molar-refractivity contribution < 1.29 is 18.7 Å². The van der Waals surface area contributed by atoms with Crippen LogP contribution in [-0.2, 0) is 6.42 Å². The molecule has 5 rings (SSSR count). The minimum Gasteiger partial charge on any atom is -0.390 e. The molecule has 36 heavy (non-hydrogen) atoms. The number of carbonyl (C=O) groups is 1. The van der Waals surface area contributed by atoms with Gasteiger partial charge in [0.2, 0.25) is 0 Å². The smallest absolute Gasteiger partial charge is 0.254 e. The molecule has 186 valence electrons. The molecule has 1 aliphatic heterocycles. The van der Waals surface area contributed by atoms with Gasteiger partial charge >= 0.3 is 0 Å². The molecule has 1 saturated heterocycles. The monoisotopic (exact) mass is 507 g/mol. The van der Waals surface area contributed by atoms with E-state index in [4.69, 9.17) is 4.99 Å². The standard InChI is InChI=1S/C28H27F2N3O2S/c1-17(33-10-12-36-13-11-33)31-20-8-6-19-15-26(34)27(23(19)16-20)32-28(35)22-9-7-18(14-25(22)30)21-4-2-3-5-24(21)29/h2-9,14,16,26-27,34H,10-13,15H2,1H3,(H,32,35)/t26-,27-/m1/s1. The lowest BCUT2D eigenvalue weighted by atomic mass is 10.0. The van der Waals surface area contributed by atoms with Crippen LogP contribution in [0, 0.1) is 11.6 Å². The molecule has 1 heterocycles. The molecule has 0 saturated carbocycles. The zero-order valence-corrected chi connectivity index (χ0v) is 20.7. The quantitative estimate of drug-likeness (QED) is 0.380. The summed E-state index contributed by atoms with van der Waals surface area (Å²) in [6.45, 7) is 3.91. The number of aliphatic hydroxyl groups is 1. The molecule has 2 atom stereocenters. The van der Waals surface area contributed by atoms with E-state index in [1.807, 2.05) is 36.9 Å². The molecule has 0 radical (unpaired) electrons. The molecule has 0 bridgehead atoms. The predicted molar refractivity (Wildman–Crippen MR) is 140 cm³/mol. The van der Waals surface area contributed by atoms with Crippen molar-refractivity contribution in [1.82, 2.24) is 10.2 Å². The Labute approximate surface area is 213 Å². The first-order valence-corrected chi connectivity index (χ1v) is 13.1. The van der Waals surface area contributed by atoms with Gasteiger partial charge in [-0.25, -0.2) is 13.8 Å². The maximum absolute atomic E-state index is 14.9. The van der Waals surface area contributed by atoms with Gasteiger partial charge in [-0.2, -0.15) is 11.8 Å². The number of thioether (sulfide) groups is 1. The lowest BCUT2D eigenvalue weighted by molar-refractivity contribution is 0.0854. The Balaban J connectivity index is 1.36. The Morgan fingerprint density at radius 2 is 1.83 bits per heavy atom. The van der Waals surface area contributed by atoms with Crippen LogP contribution in [0.15, 0.2) is 65.7 Å². The number of hydrogen-bond donors (Lipinski definition) is 2. The fourth-order valence-electron chi connectivity index (χ4n) is 4.78. The van der Waals surface area contributed by atoms with Gasteiger partial charge in [0.1, 0.15) is 17.5 Å². The average molecular weight is 508 g/mol. The number of aliphatic imine (C=N–C) groups is 1. The van der Waals surface area contributed by atoms with Crippen molar-refractivity contribution in [2.45, 2.75) is 25.5 Å². The Morgan fingerprint density at radius 3 is 2.58 bits per heavy atom. The summed E-state index contributed by atoms with van der Waals surface area (Å²) in [4.78, 5) is 20.0. The first-order chi connectivity index (χ1) is 17.4. The van der Waals surface area contributed by atoms with Gasteiger partial charge in [-0.3, -0.25) is 4.79 Å². The van der Waals surface area contributed by atoms with Crippen LogP contribution in [-0.4, -0.2) is 52.4 Å². The van der Waals surface area contributed by atoms with E-state index in [0.29, 0.717) is 12.0 Å². The Morgan fingerprint density at radius 1 is 1.06 bits per heavy atom. The van der Waals surface area contributed by atoms with Gasteiger partial charge in [-0.15, -0.1) is 0 Å². The van der Waals surface area contributed by atoms with Crippen LogP contribution in [0.4, 0.5) is 14.5 Å². The number of nitrogens with one attached hydrogen (secondary N) is 1. The van der Waals surface area contributed by atoms with Gasteiger partial charge in [-0.1, -0.05) is 30.3 Å². The molecule has 5 nitrogen and oxygen atoms in total. The highest BCUT2D eigenvalue weighted by Crippen LogP contribution is 2.35. The van der Waals surface area contributed by atoms with Crippen molar-refractivity contribution in [2.24, 2.45) is 4.99 Å². The first-order valence-electron chi connectivity index (χ1n) is 11.9. The lowest BCUT2D eigenvalue weighted by Gasteiger charge is -2.28. The second-order valence-corrected chi connectivity index (χ2v) is 10.3. The van der Waals surface area contributed by atoms with Gasteiger partial charge in [-0.05, 0) is 53.9 Å². The van der Waals surface area contributed by atoms with Crippen molar-refractivity contribution >= 4 is 29.2 Å². The van der Waals surface area contributed by atoms with E-state index in [2.05, 4.69) is 10.2 Å². The molecule has 0 unspecified atom stereocenters. The largest absolute Gasteiger partial charge is 0.390 e. The molecule has 2 aliphatic rings. The highest BCUT2D eigenvalue weighted by atomic mass is 32.2. The van der Waals surface area contributed by atoms with Crippen molar-refractivity contribution in [3.8, 4) is 11.1 Å². The van der Waals surface area contributed by atoms with E-state index in [-0.39, 0.29) is 11.1 Å². The highest BCUT2D eigenvalue weighted by molar-refractivity contribution is 7.99. The minimum atomic E-state index is -0.829. The zero-order chi connectivity index (χ0) is 25.2. The summed E-state index contributed by atoms with van der Waals surface area (Å²) in [7, 11) is 0. The maximum Gasteiger partial charge on any atom is 0.254 e. The Bertz CT molecular complexity index is 1320. The first kappa shape index (κ1) is 24.5. The summed E-state index contributed by atoms with van der Waals surface area (Å²) in [6.07, 6.45) is -0.439. The zero-order valence-electron chi connectivity index (χ0n) is 19.9. The van der Waals surface area contributed by atoms with Crippen LogP contribution in [0.3, 0.4) is 0 Å². The molecular formula is C28H27F2N3O2S. The number of amides is 1. The molecule has 1 fully saturated rings. The van der Waals surface area contributed by atoms with Crippen LogP contribution in [0.2, 0.25) is 0 Å². The van der Waals surface area contributed by atoms with Crippen LogP contribution in [0.25, 0.3) is 11.1 Å². The summed E-state index contributed by atoms with van der Waals surface area (Å²) in [5, 5.41) is 13.5. The number of amidine groups is 1. The Kier molecular flexibility index (Phi) is 7.07. The van der Waals surface area contributed by atoms with Gasteiger partial charge < -0.3 is 15.3 Å². The predicted octanol–water partition coefficient (Wildman–Crippen LogP) is 5.12. The maximum atomic E-state index is 14.9. The molecule has 1 amide bonds. The van der Waals surface area contributed by atoms with Crippen LogP contribution in [0.1, 0.15) is 34.5 Å². The summed E-state index contributed by atoms with van der Waals surface area (Å²) in [5.74, 6) is 1.23. The van der Waals surface area contributed by atoms with Gasteiger partial charge in [0, 0.05) is 36.6 Å². The van der Waals surface area contributed by atoms with Crippen LogP contribution in [0.5, 0.6) is 0 Å². The molecule has 0 aromatic heterocycles. The van der Waals surface area contributed by atoms with E-state index < -0.39 is 29.7 Å². The van der Waals surface area contributed by atoms with E-state index in [1.54, 1.807) is 18.2 Å². The summed E-state index contributed by atoms with van der Waals surface area (Å²) < 4.78 is 29.0. The van der Waals surface area contributed by atoms with Crippen LogP contribution >= 0.6 is 11.8 Å². The number of benzene rings is 3. The van der Waals surface area contributed by atoms with Crippen molar-refractivity contribution in [3.05, 3.63) is 89.0 Å². The molecule has 3 aromatic rings. The third-order valence-electron chi connectivity index (χ3n) is 6.72. The summed E-state index contributed by atoms with van der Waals surface area (Å²) >= 11 is 1.94. The number of carbonyl (C=O) groups excluding carboxylic acids is 1. The molecule has 8 heteroatoms. The average Bonchev–Trinajstić information content (AvgIpc) is 3.19. The van der Waals surface area contributed by atoms with E-state index in [9.17, 15) is 18.7 Å². The van der Waals surface area contributed by atoms with Gasteiger partial charge in [0.05, 0.1) is 23.4 Å². The van der Waals surface area contributed by atoms with Crippen LogP contribution < -0.4 is 5.32 Å².